The summed E-state index contributed by atoms with van der Waals surface area (Å²) in [7, 11) is 0. The van der Waals surface area contributed by atoms with Gasteiger partial charge < -0.3 is 16.8 Å². The molecule has 1 atom stereocenters. The van der Waals surface area contributed by atoms with Gasteiger partial charge in [0.15, 0.2) is 0 Å². The molecule has 0 aliphatic rings. The lowest BCUT2D eigenvalue weighted by Gasteiger charge is -2.11. The highest BCUT2D eigenvalue weighted by atomic mass is 14.9. The van der Waals surface area contributed by atoms with Crippen molar-refractivity contribution in [1.82, 2.24) is 5.32 Å². The standard InChI is InChI=1S/C11H25N.C7H16.C4H10N2/c1-5-11(4)12-9-7-6-8-10(2)3;1-3-5-7-6-4-2;5-3-1-2-4-6/h10-12H,5-9H2,1-4H3;3-7H2,1-2H3;1-2H,3-6H2/b;;2-1+. The average molecular weight is 358 g/mol. The van der Waals surface area contributed by atoms with E-state index < -0.39 is 0 Å². The molecule has 0 bridgehead atoms. The second-order valence-corrected chi connectivity index (χ2v) is 7.16. The molecule has 3 nitrogen and oxygen atoms in total. The first-order chi connectivity index (χ1) is 12.0. The van der Waals surface area contributed by atoms with E-state index in [2.05, 4.69) is 46.9 Å². The fourth-order valence-electron chi connectivity index (χ4n) is 2.04. The summed E-state index contributed by atoms with van der Waals surface area (Å²) in [6, 6.07) is 0.698. The Hall–Kier alpha value is -0.380. The second kappa shape index (κ2) is 28.4. The number of nitrogens with one attached hydrogen (secondary N) is 1. The van der Waals surface area contributed by atoms with E-state index >= 15 is 0 Å². The maximum atomic E-state index is 5.07. The van der Waals surface area contributed by atoms with E-state index in [0.29, 0.717) is 19.1 Å². The van der Waals surface area contributed by atoms with Crippen LogP contribution in [-0.4, -0.2) is 25.7 Å². The molecule has 0 heterocycles. The van der Waals surface area contributed by atoms with E-state index in [0.717, 1.165) is 5.92 Å². The predicted molar refractivity (Wildman–Crippen MR) is 118 cm³/mol. The molecular weight excluding hydrogens is 306 g/mol. The molecule has 0 aromatic rings. The monoisotopic (exact) mass is 357 g/mol. The maximum Gasteiger partial charge on any atom is 0.0107 e. The summed E-state index contributed by atoms with van der Waals surface area (Å²) < 4.78 is 0. The largest absolute Gasteiger partial charge is 0.327 e. The van der Waals surface area contributed by atoms with Crippen molar-refractivity contribution in [2.75, 3.05) is 19.6 Å². The van der Waals surface area contributed by atoms with Gasteiger partial charge in [-0.2, -0.15) is 0 Å². The topological polar surface area (TPSA) is 64.1 Å². The first kappa shape index (κ1) is 29.4. The van der Waals surface area contributed by atoms with Gasteiger partial charge in [0, 0.05) is 19.1 Å². The van der Waals surface area contributed by atoms with Crippen LogP contribution >= 0.6 is 0 Å². The average Bonchev–Trinajstić information content (AvgIpc) is 2.60. The third kappa shape index (κ3) is 40.0. The van der Waals surface area contributed by atoms with Gasteiger partial charge in [0.1, 0.15) is 0 Å². The van der Waals surface area contributed by atoms with Crippen LogP contribution in [-0.2, 0) is 0 Å². The third-order valence-corrected chi connectivity index (χ3v) is 3.96. The molecule has 25 heavy (non-hydrogen) atoms. The number of hydrogen-bond acceptors (Lipinski definition) is 3. The first-order valence-electron chi connectivity index (χ1n) is 10.8. The van der Waals surface area contributed by atoms with Gasteiger partial charge in [-0.25, -0.2) is 0 Å². The highest BCUT2D eigenvalue weighted by Crippen LogP contribution is 2.05. The molecule has 0 amide bonds. The van der Waals surface area contributed by atoms with Crippen molar-refractivity contribution in [1.29, 1.82) is 0 Å². The summed E-state index contributed by atoms with van der Waals surface area (Å²) in [5, 5.41) is 3.51. The zero-order valence-electron chi connectivity index (χ0n) is 18.4. The minimum atomic E-state index is 0.594. The Morgan fingerprint density at radius 2 is 1.28 bits per heavy atom. The molecule has 3 heteroatoms. The molecule has 154 valence electrons. The van der Waals surface area contributed by atoms with E-state index in [9.17, 15) is 0 Å². The van der Waals surface area contributed by atoms with Gasteiger partial charge in [0.25, 0.3) is 0 Å². The zero-order valence-corrected chi connectivity index (χ0v) is 18.4. The van der Waals surface area contributed by atoms with Crippen molar-refractivity contribution in [2.24, 2.45) is 17.4 Å². The Morgan fingerprint density at radius 3 is 1.64 bits per heavy atom. The van der Waals surface area contributed by atoms with E-state index in [1.54, 1.807) is 0 Å². The van der Waals surface area contributed by atoms with E-state index in [1.807, 2.05) is 12.2 Å². The highest BCUT2D eigenvalue weighted by Gasteiger charge is 1.97. The number of hydrogen-bond donors (Lipinski definition) is 3. The predicted octanol–water partition coefficient (Wildman–Crippen LogP) is 5.64. The summed E-state index contributed by atoms with van der Waals surface area (Å²) in [6.45, 7) is 15.9. The van der Waals surface area contributed by atoms with Crippen LogP contribution in [0.4, 0.5) is 0 Å². The first-order valence-corrected chi connectivity index (χ1v) is 10.8. The van der Waals surface area contributed by atoms with Crippen molar-refractivity contribution in [3.8, 4) is 0 Å². The van der Waals surface area contributed by atoms with Crippen LogP contribution in [0.25, 0.3) is 0 Å². The summed E-state index contributed by atoms with van der Waals surface area (Å²) in [5.74, 6) is 0.869. The molecule has 0 saturated carbocycles. The van der Waals surface area contributed by atoms with Crippen molar-refractivity contribution in [2.45, 2.75) is 105 Å². The molecule has 1 unspecified atom stereocenters. The SMILES string of the molecule is CCC(C)NCCCCC(C)C.CCCCCCC.NC/C=C/CN. The minimum absolute atomic E-state index is 0.594. The van der Waals surface area contributed by atoms with Crippen molar-refractivity contribution < 1.29 is 0 Å². The lowest BCUT2D eigenvalue weighted by molar-refractivity contribution is 0.484. The fraction of sp³-hybridized carbons (Fsp3) is 0.909. The molecule has 0 saturated heterocycles. The number of rotatable bonds is 13. The smallest absolute Gasteiger partial charge is 0.0107 e. The Balaban J connectivity index is -0.000000317. The van der Waals surface area contributed by atoms with Crippen molar-refractivity contribution in [3.63, 3.8) is 0 Å². The molecule has 0 fully saturated rings. The quantitative estimate of drug-likeness (QED) is 0.295. The molecule has 0 aliphatic heterocycles. The van der Waals surface area contributed by atoms with Crippen LogP contribution in [0.2, 0.25) is 0 Å². The van der Waals surface area contributed by atoms with E-state index in [1.165, 1.54) is 64.3 Å². The van der Waals surface area contributed by atoms with Gasteiger partial charge in [-0.3, -0.25) is 0 Å². The van der Waals surface area contributed by atoms with E-state index in [-0.39, 0.29) is 0 Å². The fourth-order valence-corrected chi connectivity index (χ4v) is 2.04. The third-order valence-electron chi connectivity index (χ3n) is 3.96. The highest BCUT2D eigenvalue weighted by molar-refractivity contribution is 4.82. The summed E-state index contributed by atoms with van der Waals surface area (Å²) in [4.78, 5) is 0. The van der Waals surface area contributed by atoms with Crippen LogP contribution in [0.15, 0.2) is 12.2 Å². The summed E-state index contributed by atoms with van der Waals surface area (Å²) >= 11 is 0. The molecule has 0 spiro atoms. The van der Waals surface area contributed by atoms with Crippen molar-refractivity contribution in [3.05, 3.63) is 12.2 Å². The number of nitrogens with two attached hydrogens (primary N) is 2. The van der Waals surface area contributed by atoms with Gasteiger partial charge in [-0.15, -0.1) is 0 Å². The Kier molecular flexibility index (Phi) is 33.4. The van der Waals surface area contributed by atoms with Crippen LogP contribution in [0, 0.1) is 5.92 Å². The van der Waals surface area contributed by atoms with E-state index in [4.69, 9.17) is 11.5 Å². The van der Waals surface area contributed by atoms with Gasteiger partial charge in [0.2, 0.25) is 0 Å². The Bertz CT molecular complexity index is 217. The number of unbranched alkanes of at least 4 members (excludes halogenated alkanes) is 5. The molecule has 0 rings (SSSR count). The maximum absolute atomic E-state index is 5.07. The van der Waals surface area contributed by atoms with Gasteiger partial charge >= 0.3 is 0 Å². The Morgan fingerprint density at radius 1 is 0.760 bits per heavy atom. The zero-order chi connectivity index (χ0) is 19.8. The molecule has 0 aromatic heterocycles. The molecule has 5 N–H and O–H groups in total. The minimum Gasteiger partial charge on any atom is -0.327 e. The Labute approximate surface area is 160 Å². The lowest BCUT2D eigenvalue weighted by Crippen LogP contribution is -2.26. The molecular formula is C22H51N3. The van der Waals surface area contributed by atoms with Crippen molar-refractivity contribution >= 4 is 0 Å². The van der Waals surface area contributed by atoms with Crippen LogP contribution in [0.1, 0.15) is 99.3 Å². The normalized spacial score (nSPS) is 11.7. The molecule has 0 aliphatic carbocycles. The lowest BCUT2D eigenvalue weighted by atomic mass is 10.1. The second-order valence-electron chi connectivity index (χ2n) is 7.16. The van der Waals surface area contributed by atoms with Gasteiger partial charge in [-0.1, -0.05) is 91.7 Å². The van der Waals surface area contributed by atoms with Gasteiger partial charge in [-0.05, 0) is 32.2 Å². The van der Waals surface area contributed by atoms with Gasteiger partial charge in [0.05, 0.1) is 0 Å². The summed E-state index contributed by atoms with van der Waals surface area (Å²) in [5.41, 5.74) is 10.1. The van der Waals surface area contributed by atoms with Crippen LogP contribution in [0.5, 0.6) is 0 Å². The summed E-state index contributed by atoms with van der Waals surface area (Å²) in [6.07, 6.45) is 16.0. The molecule has 0 aromatic carbocycles. The van der Waals surface area contributed by atoms with Crippen LogP contribution < -0.4 is 16.8 Å². The van der Waals surface area contributed by atoms with Crippen LogP contribution in [0.3, 0.4) is 0 Å². The molecule has 0 radical (unpaired) electrons.